The van der Waals surface area contributed by atoms with E-state index >= 15 is 0 Å². The number of hydrogen-bond acceptors (Lipinski definition) is 4. The summed E-state index contributed by atoms with van der Waals surface area (Å²) in [5, 5.41) is 16.4. The lowest BCUT2D eigenvalue weighted by Gasteiger charge is -2.25. The number of hydrogen-bond donors (Lipinski definition) is 4. The average Bonchev–Trinajstić information content (AvgIpc) is 2.80. The van der Waals surface area contributed by atoms with Crippen molar-refractivity contribution in [1.29, 1.82) is 0 Å². The molecule has 2 aromatic carbocycles. The van der Waals surface area contributed by atoms with Gasteiger partial charge in [0.2, 0.25) is 5.91 Å². The van der Waals surface area contributed by atoms with E-state index in [4.69, 9.17) is 5.73 Å². The van der Waals surface area contributed by atoms with Gasteiger partial charge >= 0.3 is 0 Å². The molecule has 0 radical (unpaired) electrons. The molecule has 1 amide bonds. The van der Waals surface area contributed by atoms with Gasteiger partial charge in [0.1, 0.15) is 5.75 Å². The number of carbonyl (C=O) groups is 1. The number of nitrogens with one attached hydrogen (secondary N) is 2. The van der Waals surface area contributed by atoms with E-state index in [1.807, 2.05) is 30.3 Å². The van der Waals surface area contributed by atoms with Crippen LogP contribution in [0.15, 0.2) is 60.7 Å². The second-order valence-corrected chi connectivity index (χ2v) is 9.24. The first-order valence-corrected chi connectivity index (χ1v) is 12.2. The van der Waals surface area contributed by atoms with Crippen molar-refractivity contribution < 1.29 is 9.90 Å². The number of phenolic OH excluding ortho intramolecular Hbond substituents is 1. The normalized spacial score (nSPS) is 14.3. The van der Waals surface area contributed by atoms with Gasteiger partial charge in [0.05, 0.1) is 6.04 Å². The predicted octanol–water partition coefficient (Wildman–Crippen LogP) is 4.65. The zero-order valence-electron chi connectivity index (χ0n) is 20.3. The van der Waals surface area contributed by atoms with E-state index in [0.29, 0.717) is 25.3 Å². The lowest BCUT2D eigenvalue weighted by Crippen LogP contribution is -2.50. The van der Waals surface area contributed by atoms with Crippen molar-refractivity contribution in [3.8, 4) is 5.75 Å². The van der Waals surface area contributed by atoms with Crippen molar-refractivity contribution in [3.63, 3.8) is 0 Å². The molecule has 0 unspecified atom stereocenters. The molecule has 0 aliphatic carbocycles. The van der Waals surface area contributed by atoms with E-state index in [0.717, 1.165) is 24.8 Å². The Hall–Kier alpha value is -2.63. The van der Waals surface area contributed by atoms with Gasteiger partial charge < -0.3 is 21.5 Å². The minimum Gasteiger partial charge on any atom is -0.508 e. The fourth-order valence-corrected chi connectivity index (χ4v) is 3.78. The first kappa shape index (κ1) is 26.6. The van der Waals surface area contributed by atoms with Gasteiger partial charge in [0.25, 0.3) is 0 Å². The maximum Gasteiger partial charge on any atom is 0.237 e. The molecular formula is C28H41N3O2. The average molecular weight is 452 g/mol. The highest BCUT2D eigenvalue weighted by atomic mass is 16.3. The van der Waals surface area contributed by atoms with Crippen LogP contribution in [0, 0.1) is 5.92 Å². The number of unbranched alkanes of at least 4 members (excludes halogenated alkanes) is 1. The standard InChI is InChI=1S/C28H41N3O2/c1-4-5-11-27(29)28(33)31-25(19-23-13-16-26(32)17-14-23)20-30-24(18-21(2)3)15-12-22-9-7-6-8-10-22/h6-10,12-17,21,24-25,27,30,32H,4-5,11,18-20,29H2,1-3H3,(H,31,33)/b15-12+/t24-,25+,27+/m1/s1. The van der Waals surface area contributed by atoms with Crippen molar-refractivity contribution in [2.75, 3.05) is 6.54 Å². The van der Waals surface area contributed by atoms with Gasteiger partial charge in [-0.3, -0.25) is 4.79 Å². The summed E-state index contributed by atoms with van der Waals surface area (Å²) in [6.45, 7) is 7.16. The lowest BCUT2D eigenvalue weighted by atomic mass is 10.0. The van der Waals surface area contributed by atoms with Gasteiger partial charge in [-0.05, 0) is 48.4 Å². The van der Waals surface area contributed by atoms with E-state index in [1.165, 1.54) is 5.56 Å². The molecule has 180 valence electrons. The number of rotatable bonds is 14. The van der Waals surface area contributed by atoms with Crippen LogP contribution in [-0.4, -0.2) is 35.7 Å². The fourth-order valence-electron chi connectivity index (χ4n) is 3.78. The Morgan fingerprint density at radius 3 is 2.42 bits per heavy atom. The molecule has 0 bridgehead atoms. The highest BCUT2D eigenvalue weighted by molar-refractivity contribution is 5.81. The van der Waals surface area contributed by atoms with Crippen molar-refractivity contribution in [2.24, 2.45) is 11.7 Å². The molecule has 0 saturated carbocycles. The number of benzene rings is 2. The second kappa shape index (κ2) is 14.5. The van der Waals surface area contributed by atoms with E-state index in [-0.39, 0.29) is 23.7 Å². The van der Waals surface area contributed by atoms with Crippen LogP contribution in [0.4, 0.5) is 0 Å². The first-order chi connectivity index (χ1) is 15.9. The third kappa shape index (κ3) is 10.7. The summed E-state index contributed by atoms with van der Waals surface area (Å²) in [6, 6.07) is 17.0. The summed E-state index contributed by atoms with van der Waals surface area (Å²) in [4.78, 5) is 12.7. The fraction of sp³-hybridized carbons (Fsp3) is 0.464. The molecule has 0 heterocycles. The highest BCUT2D eigenvalue weighted by Crippen LogP contribution is 2.13. The van der Waals surface area contributed by atoms with E-state index in [2.05, 4.69) is 55.7 Å². The summed E-state index contributed by atoms with van der Waals surface area (Å²) in [7, 11) is 0. The van der Waals surface area contributed by atoms with Crippen LogP contribution in [-0.2, 0) is 11.2 Å². The Morgan fingerprint density at radius 2 is 1.79 bits per heavy atom. The minimum absolute atomic E-state index is 0.102. The van der Waals surface area contributed by atoms with Gasteiger partial charge in [-0.25, -0.2) is 0 Å². The van der Waals surface area contributed by atoms with Gasteiger partial charge in [-0.15, -0.1) is 0 Å². The van der Waals surface area contributed by atoms with Crippen LogP contribution >= 0.6 is 0 Å². The van der Waals surface area contributed by atoms with E-state index in [9.17, 15) is 9.90 Å². The molecule has 2 aromatic rings. The number of amides is 1. The van der Waals surface area contributed by atoms with E-state index in [1.54, 1.807) is 12.1 Å². The molecular weight excluding hydrogens is 410 g/mol. The predicted molar refractivity (Wildman–Crippen MR) is 138 cm³/mol. The van der Waals surface area contributed by atoms with Crippen LogP contribution in [0.3, 0.4) is 0 Å². The van der Waals surface area contributed by atoms with Crippen LogP contribution in [0.1, 0.15) is 57.6 Å². The van der Waals surface area contributed by atoms with Crippen LogP contribution < -0.4 is 16.4 Å². The number of carbonyl (C=O) groups excluding carboxylic acids is 1. The molecule has 5 heteroatoms. The third-order valence-electron chi connectivity index (χ3n) is 5.64. The second-order valence-electron chi connectivity index (χ2n) is 9.24. The number of aromatic hydroxyl groups is 1. The maximum atomic E-state index is 12.7. The zero-order valence-corrected chi connectivity index (χ0v) is 20.3. The van der Waals surface area contributed by atoms with Gasteiger partial charge in [-0.2, -0.15) is 0 Å². The van der Waals surface area contributed by atoms with Crippen LogP contribution in [0.5, 0.6) is 5.75 Å². The molecule has 0 aliphatic rings. The SMILES string of the molecule is CCCC[C@H](N)C(=O)N[C@H](CN[C@H](/C=C/c1ccccc1)CC(C)C)Cc1ccc(O)cc1. The topological polar surface area (TPSA) is 87.4 Å². The largest absolute Gasteiger partial charge is 0.508 e. The molecule has 3 atom stereocenters. The van der Waals surface area contributed by atoms with Gasteiger partial charge in [0.15, 0.2) is 0 Å². The molecule has 33 heavy (non-hydrogen) atoms. The molecule has 0 spiro atoms. The van der Waals surface area contributed by atoms with Crippen molar-refractivity contribution in [2.45, 2.75) is 71.0 Å². The Bertz CT molecular complexity index is 834. The van der Waals surface area contributed by atoms with Crippen molar-refractivity contribution in [3.05, 3.63) is 71.8 Å². The minimum atomic E-state index is -0.489. The number of phenols is 1. The summed E-state index contributed by atoms with van der Waals surface area (Å²) >= 11 is 0. The quantitative estimate of drug-likeness (QED) is 0.337. The molecule has 0 aromatic heterocycles. The van der Waals surface area contributed by atoms with Gasteiger partial charge in [-0.1, -0.05) is 88.2 Å². The monoisotopic (exact) mass is 451 g/mol. The third-order valence-corrected chi connectivity index (χ3v) is 5.64. The van der Waals surface area contributed by atoms with Crippen LogP contribution in [0.25, 0.3) is 6.08 Å². The highest BCUT2D eigenvalue weighted by Gasteiger charge is 2.19. The summed E-state index contributed by atoms with van der Waals surface area (Å²) in [5.74, 6) is 0.673. The van der Waals surface area contributed by atoms with Crippen LogP contribution in [0.2, 0.25) is 0 Å². The number of nitrogens with two attached hydrogens (primary N) is 1. The first-order valence-electron chi connectivity index (χ1n) is 12.2. The lowest BCUT2D eigenvalue weighted by molar-refractivity contribution is -0.123. The Morgan fingerprint density at radius 1 is 1.09 bits per heavy atom. The molecule has 5 N–H and O–H groups in total. The van der Waals surface area contributed by atoms with Crippen molar-refractivity contribution in [1.82, 2.24) is 10.6 Å². The van der Waals surface area contributed by atoms with E-state index < -0.39 is 6.04 Å². The van der Waals surface area contributed by atoms with Crippen molar-refractivity contribution >= 4 is 12.0 Å². The Balaban J connectivity index is 2.08. The maximum absolute atomic E-state index is 12.7. The summed E-state index contributed by atoms with van der Waals surface area (Å²) in [5.41, 5.74) is 8.35. The Labute approximate surface area is 199 Å². The molecule has 0 fully saturated rings. The summed E-state index contributed by atoms with van der Waals surface area (Å²) < 4.78 is 0. The van der Waals surface area contributed by atoms with Gasteiger partial charge in [0, 0.05) is 18.6 Å². The smallest absolute Gasteiger partial charge is 0.237 e. The molecule has 0 aliphatic heterocycles. The molecule has 5 nitrogen and oxygen atoms in total. The summed E-state index contributed by atoms with van der Waals surface area (Å²) in [6.07, 6.45) is 8.67. The molecule has 0 saturated heterocycles. The molecule has 2 rings (SSSR count). The zero-order chi connectivity index (χ0) is 24.1. The Kier molecular flexibility index (Phi) is 11.7.